The number of alkyl halides is 3. The minimum Gasteiger partial charge on any atom is -0.466 e. The number of carbonyl (C=O) groups excluding carboxylic acids is 1. The van der Waals surface area contributed by atoms with Crippen molar-refractivity contribution in [3.8, 4) is 0 Å². The summed E-state index contributed by atoms with van der Waals surface area (Å²) in [4.78, 5) is 11.5. The molecule has 0 bridgehead atoms. The van der Waals surface area contributed by atoms with Crippen molar-refractivity contribution in [3.63, 3.8) is 0 Å². The quantitative estimate of drug-likeness (QED) is 0.525. The van der Waals surface area contributed by atoms with E-state index in [1.54, 1.807) is 6.92 Å². The number of ether oxygens (including phenoxy) is 2. The molecule has 3 nitrogen and oxygen atoms in total. The summed E-state index contributed by atoms with van der Waals surface area (Å²) in [6, 6.07) is 0. The van der Waals surface area contributed by atoms with Crippen molar-refractivity contribution in [1.29, 1.82) is 0 Å². The molecular weight excluding hydrogens is 249 g/mol. The fourth-order valence-corrected chi connectivity index (χ4v) is 1.14. The first-order chi connectivity index (χ1) is 8.15. The molecular formula is C12H19F3O3. The summed E-state index contributed by atoms with van der Waals surface area (Å²) >= 11 is 0. The third-order valence-corrected chi connectivity index (χ3v) is 2.22. The average Bonchev–Trinajstić information content (AvgIpc) is 2.22. The molecule has 0 spiro atoms. The molecule has 0 rings (SSSR count). The highest BCUT2D eigenvalue weighted by atomic mass is 19.4. The van der Waals surface area contributed by atoms with Gasteiger partial charge in [0.15, 0.2) is 6.10 Å². The Kier molecular flexibility index (Phi) is 6.38. The molecule has 0 saturated heterocycles. The molecule has 106 valence electrons. The van der Waals surface area contributed by atoms with Gasteiger partial charge < -0.3 is 9.47 Å². The van der Waals surface area contributed by atoms with Crippen molar-refractivity contribution in [2.75, 3.05) is 13.2 Å². The smallest absolute Gasteiger partial charge is 0.414 e. The molecule has 0 aliphatic rings. The van der Waals surface area contributed by atoms with Crippen LogP contribution in [-0.4, -0.2) is 31.5 Å². The van der Waals surface area contributed by atoms with Crippen LogP contribution in [0.1, 0.15) is 27.2 Å². The second kappa shape index (κ2) is 6.78. The van der Waals surface area contributed by atoms with Gasteiger partial charge in [-0.15, -0.1) is 6.58 Å². The number of rotatable bonds is 7. The third-order valence-electron chi connectivity index (χ3n) is 2.22. The van der Waals surface area contributed by atoms with Gasteiger partial charge in [-0.3, -0.25) is 4.79 Å². The fourth-order valence-electron chi connectivity index (χ4n) is 1.14. The Morgan fingerprint density at radius 2 is 1.94 bits per heavy atom. The molecule has 0 aromatic heterocycles. The maximum Gasteiger partial charge on any atom is 0.414 e. The molecule has 18 heavy (non-hydrogen) atoms. The lowest BCUT2D eigenvalue weighted by molar-refractivity contribution is -0.226. The molecule has 0 radical (unpaired) electrons. The highest BCUT2D eigenvalue weighted by Crippen LogP contribution is 2.28. The second-order valence-electron chi connectivity index (χ2n) is 4.47. The van der Waals surface area contributed by atoms with Gasteiger partial charge in [-0.2, -0.15) is 13.2 Å². The van der Waals surface area contributed by atoms with E-state index in [1.165, 1.54) is 13.8 Å². The zero-order valence-electron chi connectivity index (χ0n) is 10.8. The summed E-state index contributed by atoms with van der Waals surface area (Å²) in [7, 11) is 0. The first kappa shape index (κ1) is 17.0. The molecule has 0 aromatic rings. The van der Waals surface area contributed by atoms with Crippen LogP contribution >= 0.6 is 0 Å². The molecule has 1 unspecified atom stereocenters. The van der Waals surface area contributed by atoms with Gasteiger partial charge in [0.1, 0.15) is 0 Å². The van der Waals surface area contributed by atoms with Crippen LogP contribution in [0.2, 0.25) is 0 Å². The first-order valence-electron chi connectivity index (χ1n) is 5.61. The van der Waals surface area contributed by atoms with Crippen LogP contribution in [0.3, 0.4) is 0 Å². The summed E-state index contributed by atoms with van der Waals surface area (Å²) in [6.45, 7) is 7.66. The molecule has 0 saturated carbocycles. The van der Waals surface area contributed by atoms with E-state index in [0.717, 1.165) is 6.08 Å². The van der Waals surface area contributed by atoms with Crippen molar-refractivity contribution in [3.05, 3.63) is 12.7 Å². The van der Waals surface area contributed by atoms with E-state index in [0.29, 0.717) is 0 Å². The van der Waals surface area contributed by atoms with Crippen LogP contribution in [0.5, 0.6) is 0 Å². The Hall–Kier alpha value is -1.04. The maximum absolute atomic E-state index is 12.5. The van der Waals surface area contributed by atoms with Gasteiger partial charge in [0.2, 0.25) is 0 Å². The molecule has 0 fully saturated rings. The Bertz CT molecular complexity index is 285. The number of hydrogen-bond acceptors (Lipinski definition) is 3. The fraction of sp³-hybridized carbons (Fsp3) is 0.750. The van der Waals surface area contributed by atoms with E-state index >= 15 is 0 Å². The highest BCUT2D eigenvalue weighted by molar-refractivity contribution is 5.76. The van der Waals surface area contributed by atoms with Crippen LogP contribution in [0.4, 0.5) is 13.2 Å². The summed E-state index contributed by atoms with van der Waals surface area (Å²) in [5.41, 5.74) is -1.11. The predicted molar refractivity (Wildman–Crippen MR) is 61.0 cm³/mol. The van der Waals surface area contributed by atoms with Crippen LogP contribution in [-0.2, 0) is 14.3 Å². The maximum atomic E-state index is 12.5. The lowest BCUT2D eigenvalue weighted by Gasteiger charge is -2.26. The van der Waals surface area contributed by atoms with Crippen LogP contribution < -0.4 is 0 Å². The molecule has 0 heterocycles. The molecule has 0 amide bonds. The predicted octanol–water partition coefficient (Wildman–Crippen LogP) is 3.10. The van der Waals surface area contributed by atoms with Crippen LogP contribution in [0, 0.1) is 5.41 Å². The van der Waals surface area contributed by atoms with Gasteiger partial charge in [-0.05, 0) is 20.8 Å². The lowest BCUT2D eigenvalue weighted by Crippen LogP contribution is -2.38. The summed E-state index contributed by atoms with van der Waals surface area (Å²) in [6.07, 6.45) is -5.62. The minimum atomic E-state index is -4.47. The van der Waals surface area contributed by atoms with Gasteiger partial charge in [0.25, 0.3) is 0 Å². The zero-order valence-corrected chi connectivity index (χ0v) is 10.8. The van der Waals surface area contributed by atoms with Crippen molar-refractivity contribution >= 4 is 5.97 Å². The van der Waals surface area contributed by atoms with E-state index < -0.39 is 23.7 Å². The van der Waals surface area contributed by atoms with E-state index in [4.69, 9.17) is 9.47 Å². The topological polar surface area (TPSA) is 35.5 Å². The van der Waals surface area contributed by atoms with Crippen molar-refractivity contribution in [1.82, 2.24) is 0 Å². The van der Waals surface area contributed by atoms with Gasteiger partial charge in [-0.1, -0.05) is 6.08 Å². The second-order valence-corrected chi connectivity index (χ2v) is 4.47. The number of carbonyl (C=O) groups is 1. The number of halogens is 3. The molecule has 1 atom stereocenters. The average molecular weight is 268 g/mol. The Labute approximate surface area is 105 Å². The van der Waals surface area contributed by atoms with Gasteiger partial charge >= 0.3 is 12.1 Å². The van der Waals surface area contributed by atoms with E-state index in [-0.39, 0.29) is 19.6 Å². The van der Waals surface area contributed by atoms with Crippen LogP contribution in [0.25, 0.3) is 0 Å². The number of hydrogen-bond donors (Lipinski definition) is 0. The molecule has 0 aliphatic carbocycles. The van der Waals surface area contributed by atoms with Crippen molar-refractivity contribution < 1.29 is 27.4 Å². The van der Waals surface area contributed by atoms with Crippen molar-refractivity contribution in [2.24, 2.45) is 5.41 Å². The van der Waals surface area contributed by atoms with Gasteiger partial charge in [-0.25, -0.2) is 0 Å². The summed E-state index contributed by atoms with van der Waals surface area (Å²) < 4.78 is 47.2. The largest absolute Gasteiger partial charge is 0.466 e. The highest BCUT2D eigenvalue weighted by Gasteiger charge is 2.41. The lowest BCUT2D eigenvalue weighted by atomic mass is 9.95. The molecule has 0 aromatic carbocycles. The van der Waals surface area contributed by atoms with Crippen molar-refractivity contribution in [2.45, 2.75) is 39.5 Å². The Morgan fingerprint density at radius 3 is 2.33 bits per heavy atom. The van der Waals surface area contributed by atoms with E-state index in [2.05, 4.69) is 6.58 Å². The molecule has 0 aliphatic heterocycles. The SMILES string of the molecule is C=CCC(OCC(C)(C)C(=O)OCC)C(F)(F)F. The zero-order chi connectivity index (χ0) is 14.4. The monoisotopic (exact) mass is 268 g/mol. The standard InChI is InChI=1S/C12H19F3O3/c1-5-7-9(12(13,14)15)18-8-11(3,4)10(16)17-6-2/h5,9H,1,6-8H2,2-4H3. The van der Waals surface area contributed by atoms with Gasteiger partial charge in [0.05, 0.1) is 18.6 Å². The first-order valence-corrected chi connectivity index (χ1v) is 5.61. The normalized spacial score (nSPS) is 14.1. The van der Waals surface area contributed by atoms with E-state index in [9.17, 15) is 18.0 Å². The number of esters is 1. The summed E-state index contributed by atoms with van der Waals surface area (Å²) in [5, 5.41) is 0. The Balaban J connectivity index is 4.51. The minimum absolute atomic E-state index is 0.178. The molecule has 0 N–H and O–H groups in total. The third kappa shape index (κ3) is 5.53. The van der Waals surface area contributed by atoms with Crippen LogP contribution in [0.15, 0.2) is 12.7 Å². The summed E-state index contributed by atoms with van der Waals surface area (Å²) in [5.74, 6) is -0.579. The molecule has 6 heteroatoms. The van der Waals surface area contributed by atoms with E-state index in [1.807, 2.05) is 0 Å². The Morgan fingerprint density at radius 1 is 1.39 bits per heavy atom. The van der Waals surface area contributed by atoms with Gasteiger partial charge in [0, 0.05) is 6.42 Å².